The number of benzene rings is 2. The van der Waals surface area contributed by atoms with E-state index in [-0.39, 0.29) is 0 Å². The summed E-state index contributed by atoms with van der Waals surface area (Å²) in [4.78, 5) is 0. The number of ether oxygens (including phenoxy) is 1. The topological polar surface area (TPSA) is 23.3 Å². The largest absolute Gasteiger partial charge is 0.496 e. The van der Waals surface area contributed by atoms with Gasteiger partial charge in [-0.1, -0.05) is 30.3 Å². The van der Waals surface area contributed by atoms with Crippen LogP contribution in [0.4, 0.5) is 0 Å². The van der Waals surface area contributed by atoms with Crippen LogP contribution >= 0.6 is 0 Å². The van der Waals surface area contributed by atoms with Gasteiger partial charge in [0.05, 0.1) is 7.11 Å². The van der Waals surface area contributed by atoms with Crippen LogP contribution in [0.1, 0.15) is 19.4 Å². The number of methoxy groups -OCH3 is 1. The molecule has 1 radical (unpaired) electrons. The lowest BCUT2D eigenvalue weighted by Crippen LogP contribution is -2.13. The molecule has 0 fully saturated rings. The first-order valence-corrected chi connectivity index (χ1v) is 5.93. The first kappa shape index (κ1) is 11.9. The van der Waals surface area contributed by atoms with Gasteiger partial charge in [-0.2, -0.15) is 0 Å². The van der Waals surface area contributed by atoms with Crippen molar-refractivity contribution >= 4 is 10.8 Å². The molecule has 0 atom stereocenters. The Morgan fingerprint density at radius 1 is 1.06 bits per heavy atom. The average molecular weight is 228 g/mol. The summed E-state index contributed by atoms with van der Waals surface area (Å²) in [6, 6.07) is 12.8. The molecule has 2 aromatic carbocycles. The summed E-state index contributed by atoms with van der Waals surface area (Å²) >= 11 is 0. The standard InChI is InChI=1S/C15H18NO/c1-11(2)16-10-12-8-9-15(17-3)14-7-5-4-6-13(12)14/h4-9,11H,10H2,1-3H3. The summed E-state index contributed by atoms with van der Waals surface area (Å²) in [6.07, 6.45) is 0. The van der Waals surface area contributed by atoms with Crippen LogP contribution in [0, 0.1) is 0 Å². The molecule has 0 aliphatic carbocycles. The van der Waals surface area contributed by atoms with Crippen molar-refractivity contribution in [1.82, 2.24) is 5.32 Å². The lowest BCUT2D eigenvalue weighted by Gasteiger charge is -2.11. The molecule has 89 valence electrons. The summed E-state index contributed by atoms with van der Waals surface area (Å²) in [5.41, 5.74) is 1.26. The van der Waals surface area contributed by atoms with Crippen molar-refractivity contribution in [2.24, 2.45) is 0 Å². The van der Waals surface area contributed by atoms with Crippen LogP contribution < -0.4 is 10.1 Å². The van der Waals surface area contributed by atoms with Gasteiger partial charge in [0.15, 0.2) is 0 Å². The van der Waals surface area contributed by atoms with E-state index in [1.165, 1.54) is 10.9 Å². The minimum absolute atomic E-state index is 0.371. The molecule has 0 amide bonds. The van der Waals surface area contributed by atoms with Crippen molar-refractivity contribution in [3.05, 3.63) is 42.0 Å². The van der Waals surface area contributed by atoms with E-state index in [9.17, 15) is 0 Å². The Bertz CT molecular complexity index is 505. The SMILES string of the molecule is COc1ccc(C[N]C(C)C)c2ccccc12. The van der Waals surface area contributed by atoms with Crippen LogP contribution in [-0.2, 0) is 6.54 Å². The maximum Gasteiger partial charge on any atom is 0.126 e. The van der Waals surface area contributed by atoms with Gasteiger partial charge in [0.25, 0.3) is 0 Å². The van der Waals surface area contributed by atoms with Crippen LogP contribution in [-0.4, -0.2) is 13.2 Å². The zero-order chi connectivity index (χ0) is 12.3. The summed E-state index contributed by atoms with van der Waals surface area (Å²) in [5, 5.41) is 6.95. The van der Waals surface area contributed by atoms with Crippen molar-refractivity contribution in [3.8, 4) is 5.75 Å². The zero-order valence-corrected chi connectivity index (χ0v) is 10.6. The van der Waals surface area contributed by atoms with Crippen molar-refractivity contribution < 1.29 is 4.74 Å². The Morgan fingerprint density at radius 3 is 2.41 bits per heavy atom. The van der Waals surface area contributed by atoms with Gasteiger partial charge in [-0.3, -0.25) is 0 Å². The van der Waals surface area contributed by atoms with Crippen LogP contribution in [0.25, 0.3) is 10.8 Å². The molecular formula is C15H18NO. The van der Waals surface area contributed by atoms with Gasteiger partial charge in [0.1, 0.15) is 5.75 Å². The fourth-order valence-corrected chi connectivity index (χ4v) is 1.93. The molecule has 2 heteroatoms. The predicted octanol–water partition coefficient (Wildman–Crippen LogP) is 3.36. The molecule has 2 aromatic rings. The molecule has 0 saturated heterocycles. The minimum Gasteiger partial charge on any atom is -0.496 e. The van der Waals surface area contributed by atoms with E-state index in [4.69, 9.17) is 4.74 Å². The molecule has 17 heavy (non-hydrogen) atoms. The highest BCUT2D eigenvalue weighted by Gasteiger charge is 2.06. The highest BCUT2D eigenvalue weighted by Crippen LogP contribution is 2.28. The van der Waals surface area contributed by atoms with E-state index in [0.29, 0.717) is 6.04 Å². The predicted molar refractivity (Wildman–Crippen MR) is 71.5 cm³/mol. The van der Waals surface area contributed by atoms with E-state index < -0.39 is 0 Å². The molecule has 2 nitrogen and oxygen atoms in total. The summed E-state index contributed by atoms with van der Waals surface area (Å²) < 4.78 is 5.38. The summed E-state index contributed by atoms with van der Waals surface area (Å²) in [6.45, 7) is 4.97. The maximum atomic E-state index is 5.38. The van der Waals surface area contributed by atoms with E-state index in [1.807, 2.05) is 12.1 Å². The Morgan fingerprint density at radius 2 is 1.76 bits per heavy atom. The van der Waals surface area contributed by atoms with Crippen molar-refractivity contribution in [2.45, 2.75) is 26.4 Å². The zero-order valence-electron chi connectivity index (χ0n) is 10.6. The van der Waals surface area contributed by atoms with Crippen LogP contribution in [0.3, 0.4) is 0 Å². The molecule has 0 bridgehead atoms. The lowest BCUT2D eigenvalue weighted by atomic mass is 10.0. The molecule has 0 saturated carbocycles. The molecule has 2 rings (SSSR count). The van der Waals surface area contributed by atoms with E-state index in [1.54, 1.807) is 7.11 Å². The van der Waals surface area contributed by atoms with Gasteiger partial charge in [0.2, 0.25) is 0 Å². The van der Waals surface area contributed by atoms with Gasteiger partial charge in [-0.25, -0.2) is 5.32 Å². The number of nitrogens with zero attached hydrogens (tertiary/aromatic N) is 1. The fraction of sp³-hybridized carbons (Fsp3) is 0.333. The molecule has 0 N–H and O–H groups in total. The van der Waals surface area contributed by atoms with Crippen molar-refractivity contribution in [2.75, 3.05) is 7.11 Å². The summed E-state index contributed by atoms with van der Waals surface area (Å²) in [5.74, 6) is 0.925. The van der Waals surface area contributed by atoms with Gasteiger partial charge in [0, 0.05) is 18.0 Å². The Balaban J connectivity index is 2.43. The molecule has 0 aliphatic heterocycles. The van der Waals surface area contributed by atoms with Gasteiger partial charge >= 0.3 is 0 Å². The van der Waals surface area contributed by atoms with Crippen LogP contribution in [0.2, 0.25) is 0 Å². The molecule has 0 spiro atoms. The monoisotopic (exact) mass is 228 g/mol. The van der Waals surface area contributed by atoms with Crippen molar-refractivity contribution in [1.29, 1.82) is 0 Å². The highest BCUT2D eigenvalue weighted by atomic mass is 16.5. The lowest BCUT2D eigenvalue weighted by molar-refractivity contribution is 0.419. The van der Waals surface area contributed by atoms with E-state index in [2.05, 4.69) is 43.4 Å². The third kappa shape index (κ3) is 2.59. The maximum absolute atomic E-state index is 5.38. The van der Waals surface area contributed by atoms with Gasteiger partial charge in [-0.15, -0.1) is 0 Å². The third-order valence-corrected chi connectivity index (χ3v) is 2.82. The smallest absolute Gasteiger partial charge is 0.126 e. The Labute approximate surface area is 103 Å². The van der Waals surface area contributed by atoms with Crippen LogP contribution in [0.15, 0.2) is 36.4 Å². The second kappa shape index (κ2) is 5.19. The van der Waals surface area contributed by atoms with E-state index >= 15 is 0 Å². The number of rotatable bonds is 4. The van der Waals surface area contributed by atoms with Gasteiger partial charge < -0.3 is 4.74 Å². The van der Waals surface area contributed by atoms with E-state index in [0.717, 1.165) is 17.7 Å². The molecule has 0 aliphatic rings. The molecule has 0 heterocycles. The second-order valence-corrected chi connectivity index (χ2v) is 4.41. The number of fused-ring (bicyclic) bond motifs is 1. The Hall–Kier alpha value is -1.54. The minimum atomic E-state index is 0.371. The fourth-order valence-electron chi connectivity index (χ4n) is 1.93. The first-order chi connectivity index (χ1) is 8.22. The highest BCUT2D eigenvalue weighted by molar-refractivity contribution is 5.91. The molecular weight excluding hydrogens is 210 g/mol. The average Bonchev–Trinajstić information content (AvgIpc) is 2.35. The normalized spacial score (nSPS) is 11.1. The van der Waals surface area contributed by atoms with Gasteiger partial charge in [-0.05, 0) is 30.9 Å². The summed E-state index contributed by atoms with van der Waals surface area (Å²) in [7, 11) is 1.71. The van der Waals surface area contributed by atoms with Crippen molar-refractivity contribution in [3.63, 3.8) is 0 Å². The number of hydrogen-bond acceptors (Lipinski definition) is 1. The molecule has 0 aromatic heterocycles. The van der Waals surface area contributed by atoms with Crippen LogP contribution in [0.5, 0.6) is 5.75 Å². The molecule has 0 unspecified atom stereocenters. The Kier molecular flexibility index (Phi) is 3.64. The first-order valence-electron chi connectivity index (χ1n) is 5.93. The quantitative estimate of drug-likeness (QED) is 0.787. The second-order valence-electron chi connectivity index (χ2n) is 4.41. The third-order valence-electron chi connectivity index (χ3n) is 2.82. The number of hydrogen-bond donors (Lipinski definition) is 0.